The number of rotatable bonds is 5. The number of fused-ring (bicyclic) bond motifs is 1. The van der Waals surface area contributed by atoms with Crippen molar-refractivity contribution in [2.45, 2.75) is 18.0 Å². The summed E-state index contributed by atoms with van der Waals surface area (Å²) < 4.78 is 32.0. The van der Waals surface area contributed by atoms with Gasteiger partial charge in [-0.05, 0) is 35.4 Å². The highest BCUT2D eigenvalue weighted by Gasteiger charge is 2.40. The van der Waals surface area contributed by atoms with E-state index in [1.54, 1.807) is 30.3 Å². The Morgan fingerprint density at radius 3 is 2.30 bits per heavy atom. The van der Waals surface area contributed by atoms with Crippen molar-refractivity contribution in [2.24, 2.45) is 0 Å². The van der Waals surface area contributed by atoms with Crippen LogP contribution in [0.4, 0.5) is 0 Å². The van der Waals surface area contributed by atoms with Gasteiger partial charge in [0, 0.05) is 0 Å². The third-order valence-electron chi connectivity index (χ3n) is 4.38. The first kappa shape index (κ1) is 17.3. The maximum Gasteiger partial charge on any atom is 0.269 e. The molecular weight excluding hydrogens is 362 g/mol. The van der Waals surface area contributed by atoms with Crippen molar-refractivity contribution in [1.82, 2.24) is 4.31 Å². The molecule has 0 aliphatic carbocycles. The van der Waals surface area contributed by atoms with Crippen LogP contribution in [0.5, 0.6) is 5.75 Å². The molecule has 6 heteroatoms. The Balaban J connectivity index is 1.53. The van der Waals surface area contributed by atoms with Crippen molar-refractivity contribution < 1.29 is 17.9 Å². The Hall–Kier alpha value is -3.12. The quantitative estimate of drug-likeness (QED) is 0.679. The lowest BCUT2D eigenvalue weighted by atomic mass is 10.2. The van der Waals surface area contributed by atoms with E-state index in [4.69, 9.17) is 4.74 Å². The topological polar surface area (TPSA) is 63.7 Å². The minimum absolute atomic E-state index is 0.0294. The third kappa shape index (κ3) is 3.31. The highest BCUT2D eigenvalue weighted by atomic mass is 32.2. The second kappa shape index (κ2) is 6.89. The van der Waals surface area contributed by atoms with Crippen LogP contribution < -0.4 is 4.74 Å². The van der Waals surface area contributed by atoms with Crippen molar-refractivity contribution in [1.29, 1.82) is 0 Å². The Morgan fingerprint density at radius 1 is 0.815 bits per heavy atom. The van der Waals surface area contributed by atoms with Gasteiger partial charge in [0.25, 0.3) is 15.9 Å². The maximum atomic E-state index is 12.7. The first-order valence-electron chi connectivity index (χ1n) is 8.47. The molecule has 1 heterocycles. The number of carbonyl (C=O) groups is 1. The molecule has 3 aromatic rings. The maximum absolute atomic E-state index is 12.7. The lowest BCUT2D eigenvalue weighted by Gasteiger charge is -2.16. The second-order valence-corrected chi connectivity index (χ2v) is 8.07. The fourth-order valence-corrected chi connectivity index (χ4v) is 4.58. The molecule has 0 spiro atoms. The molecule has 3 aromatic carbocycles. The Kier molecular flexibility index (Phi) is 4.41. The van der Waals surface area contributed by atoms with E-state index in [0.717, 1.165) is 9.87 Å². The van der Waals surface area contributed by atoms with E-state index in [1.807, 2.05) is 36.4 Å². The SMILES string of the molecule is O=C1c2ccccc2S(=O)(=O)N1Cc1cccc(OCc2ccccc2)c1. The number of hydrogen-bond acceptors (Lipinski definition) is 4. The molecular formula is C21H17NO4S. The lowest BCUT2D eigenvalue weighted by Crippen LogP contribution is -2.29. The first-order chi connectivity index (χ1) is 13.1. The monoisotopic (exact) mass is 379 g/mol. The predicted molar refractivity (Wildman–Crippen MR) is 101 cm³/mol. The molecule has 136 valence electrons. The summed E-state index contributed by atoms with van der Waals surface area (Å²) in [5, 5.41) is 0. The van der Waals surface area contributed by atoms with Crippen LogP contribution in [0.3, 0.4) is 0 Å². The van der Waals surface area contributed by atoms with Gasteiger partial charge in [0.15, 0.2) is 0 Å². The van der Waals surface area contributed by atoms with E-state index in [2.05, 4.69) is 0 Å². The summed E-state index contributed by atoms with van der Waals surface area (Å²) in [4.78, 5) is 12.6. The average molecular weight is 379 g/mol. The Morgan fingerprint density at radius 2 is 1.52 bits per heavy atom. The number of ether oxygens (including phenoxy) is 1. The van der Waals surface area contributed by atoms with Gasteiger partial charge in [-0.1, -0.05) is 54.6 Å². The minimum atomic E-state index is -3.82. The summed E-state index contributed by atoms with van der Waals surface area (Å²) in [5.41, 5.74) is 1.94. The molecule has 0 fully saturated rings. The summed E-state index contributed by atoms with van der Waals surface area (Å²) in [7, 11) is -3.82. The molecule has 0 radical (unpaired) electrons. The van der Waals surface area contributed by atoms with Gasteiger partial charge >= 0.3 is 0 Å². The largest absolute Gasteiger partial charge is 0.489 e. The van der Waals surface area contributed by atoms with E-state index < -0.39 is 15.9 Å². The first-order valence-corrected chi connectivity index (χ1v) is 9.91. The number of hydrogen-bond donors (Lipinski definition) is 0. The normalized spacial score (nSPS) is 14.8. The molecule has 5 nitrogen and oxygen atoms in total. The van der Waals surface area contributed by atoms with Gasteiger partial charge in [-0.15, -0.1) is 0 Å². The van der Waals surface area contributed by atoms with Gasteiger partial charge in [0.05, 0.1) is 12.1 Å². The van der Waals surface area contributed by atoms with Crippen LogP contribution in [-0.2, 0) is 23.2 Å². The highest BCUT2D eigenvalue weighted by molar-refractivity contribution is 7.90. The molecule has 4 rings (SSSR count). The van der Waals surface area contributed by atoms with E-state index in [0.29, 0.717) is 17.9 Å². The van der Waals surface area contributed by atoms with Crippen molar-refractivity contribution in [2.75, 3.05) is 0 Å². The zero-order chi connectivity index (χ0) is 18.9. The van der Waals surface area contributed by atoms with Crippen LogP contribution in [0.1, 0.15) is 21.5 Å². The Bertz CT molecular complexity index is 1090. The summed E-state index contributed by atoms with van der Waals surface area (Å²) in [6, 6.07) is 23.2. The molecule has 0 saturated carbocycles. The third-order valence-corrected chi connectivity index (χ3v) is 6.17. The van der Waals surface area contributed by atoms with Crippen LogP contribution in [0.25, 0.3) is 0 Å². The molecule has 0 bridgehead atoms. The molecule has 27 heavy (non-hydrogen) atoms. The van der Waals surface area contributed by atoms with Crippen LogP contribution in [0.2, 0.25) is 0 Å². The Labute approximate surface area is 157 Å². The molecule has 0 unspecified atom stereocenters. The second-order valence-electron chi connectivity index (χ2n) is 6.23. The number of nitrogens with zero attached hydrogens (tertiary/aromatic N) is 1. The number of carbonyl (C=O) groups excluding carboxylic acids is 1. The molecule has 0 saturated heterocycles. The van der Waals surface area contributed by atoms with E-state index in [9.17, 15) is 13.2 Å². The average Bonchev–Trinajstić information content (AvgIpc) is 2.89. The van der Waals surface area contributed by atoms with Crippen LogP contribution in [0.15, 0.2) is 83.8 Å². The highest BCUT2D eigenvalue weighted by Crippen LogP contribution is 2.31. The van der Waals surface area contributed by atoms with Crippen LogP contribution in [0, 0.1) is 0 Å². The fourth-order valence-electron chi connectivity index (χ4n) is 3.03. The fraction of sp³-hybridized carbons (Fsp3) is 0.0952. The van der Waals surface area contributed by atoms with E-state index in [-0.39, 0.29) is 17.0 Å². The van der Waals surface area contributed by atoms with Crippen molar-refractivity contribution >= 4 is 15.9 Å². The van der Waals surface area contributed by atoms with Gasteiger partial charge < -0.3 is 4.74 Å². The van der Waals surface area contributed by atoms with Crippen LogP contribution >= 0.6 is 0 Å². The number of sulfonamides is 1. The van der Waals surface area contributed by atoms with Gasteiger partial charge in [-0.2, -0.15) is 0 Å². The van der Waals surface area contributed by atoms with Gasteiger partial charge in [-0.3, -0.25) is 4.79 Å². The summed E-state index contributed by atoms with van der Waals surface area (Å²) in [5.74, 6) is 0.124. The molecule has 1 amide bonds. The molecule has 0 atom stereocenters. The van der Waals surface area contributed by atoms with Gasteiger partial charge in [-0.25, -0.2) is 12.7 Å². The molecule has 1 aliphatic rings. The van der Waals surface area contributed by atoms with Crippen molar-refractivity contribution in [3.8, 4) is 5.75 Å². The van der Waals surface area contributed by atoms with E-state index in [1.165, 1.54) is 12.1 Å². The van der Waals surface area contributed by atoms with Gasteiger partial charge in [0.1, 0.15) is 17.3 Å². The van der Waals surface area contributed by atoms with E-state index >= 15 is 0 Å². The molecule has 0 aromatic heterocycles. The standard InChI is InChI=1S/C21H17NO4S/c23-21-19-11-4-5-12-20(19)27(24,25)22(21)14-17-9-6-10-18(13-17)26-15-16-7-2-1-3-8-16/h1-13H,14-15H2. The van der Waals surface area contributed by atoms with Crippen molar-refractivity contribution in [3.63, 3.8) is 0 Å². The zero-order valence-corrected chi connectivity index (χ0v) is 15.2. The number of benzene rings is 3. The molecule has 0 N–H and O–H groups in total. The summed E-state index contributed by atoms with van der Waals surface area (Å²) >= 11 is 0. The van der Waals surface area contributed by atoms with Gasteiger partial charge in [0.2, 0.25) is 0 Å². The smallest absolute Gasteiger partial charge is 0.269 e. The van der Waals surface area contributed by atoms with Crippen molar-refractivity contribution in [3.05, 3.63) is 95.6 Å². The lowest BCUT2D eigenvalue weighted by molar-refractivity contribution is 0.0865. The summed E-state index contributed by atoms with van der Waals surface area (Å²) in [6.07, 6.45) is 0. The zero-order valence-electron chi connectivity index (χ0n) is 14.4. The minimum Gasteiger partial charge on any atom is -0.489 e. The van der Waals surface area contributed by atoms with Crippen LogP contribution in [-0.4, -0.2) is 18.6 Å². The molecule has 1 aliphatic heterocycles. The predicted octanol–water partition coefficient (Wildman–Crippen LogP) is 3.61. The summed E-state index contributed by atoms with van der Waals surface area (Å²) in [6.45, 7) is 0.384. The number of amides is 1.